The monoisotopic (exact) mass is 362 g/mol. The summed E-state index contributed by atoms with van der Waals surface area (Å²) in [5, 5.41) is 0. The summed E-state index contributed by atoms with van der Waals surface area (Å²) in [7, 11) is 0. The molecule has 0 fully saturated rings. The molecule has 0 aliphatic heterocycles. The Morgan fingerprint density at radius 3 is 2.62 bits per heavy atom. The average molecular weight is 363 g/mol. The summed E-state index contributed by atoms with van der Waals surface area (Å²) in [4.78, 5) is 3.88. The molecule has 0 unspecified atom stereocenters. The highest BCUT2D eigenvalue weighted by atomic mass is 127. The molecule has 0 aliphatic rings. The van der Waals surface area contributed by atoms with Crippen molar-refractivity contribution in [1.29, 1.82) is 0 Å². The quantitative estimate of drug-likeness (QED) is 0.649. The Labute approximate surface area is 96.2 Å². The van der Waals surface area contributed by atoms with Gasteiger partial charge >= 0.3 is 0 Å². The van der Waals surface area contributed by atoms with Crippen molar-refractivity contribution in [3.8, 4) is 0 Å². The van der Waals surface area contributed by atoms with Crippen molar-refractivity contribution >= 4 is 38.5 Å². The van der Waals surface area contributed by atoms with Crippen LogP contribution in [-0.2, 0) is 6.54 Å². The number of nitrogens with two attached hydrogens (primary N) is 1. The first-order valence-corrected chi connectivity index (χ1v) is 5.26. The first-order chi connectivity index (χ1) is 6.06. The third kappa shape index (κ3) is 2.57. The van der Waals surface area contributed by atoms with Crippen LogP contribution in [0.4, 0.5) is 8.78 Å². The molecule has 0 atom stereocenters. The first kappa shape index (κ1) is 11.3. The second-order valence-corrected chi connectivity index (χ2v) is 4.22. The molecule has 0 saturated heterocycles. The lowest BCUT2D eigenvalue weighted by Crippen LogP contribution is -2.03. The van der Waals surface area contributed by atoms with Crippen LogP contribution in [0.15, 0.2) is 10.7 Å². The van der Waals surface area contributed by atoms with Crippen LogP contribution in [0, 0.1) is 3.57 Å². The zero-order valence-electron chi connectivity index (χ0n) is 6.40. The normalized spacial score (nSPS) is 10.9. The van der Waals surface area contributed by atoms with Crippen molar-refractivity contribution in [2.75, 3.05) is 0 Å². The molecule has 6 heteroatoms. The summed E-state index contributed by atoms with van der Waals surface area (Å²) in [6.07, 6.45) is -2.51. The molecule has 1 heterocycles. The lowest BCUT2D eigenvalue weighted by molar-refractivity contribution is 0.149. The maximum absolute atomic E-state index is 12.4. The predicted octanol–water partition coefficient (Wildman–Crippen LogP) is 2.85. The van der Waals surface area contributed by atoms with Crippen molar-refractivity contribution in [2.45, 2.75) is 13.0 Å². The Balaban J connectivity index is 3.23. The van der Waals surface area contributed by atoms with Crippen LogP contribution >= 0.6 is 38.5 Å². The smallest absolute Gasteiger partial charge is 0.267 e. The Hall–Kier alpha value is 0.180. The van der Waals surface area contributed by atoms with E-state index in [-0.39, 0.29) is 16.7 Å². The number of halogens is 4. The molecule has 1 rings (SSSR count). The first-order valence-electron chi connectivity index (χ1n) is 3.39. The summed E-state index contributed by atoms with van der Waals surface area (Å²) >= 11 is 4.83. The fourth-order valence-electron chi connectivity index (χ4n) is 0.840. The van der Waals surface area contributed by atoms with Crippen LogP contribution in [0.1, 0.15) is 17.7 Å². The van der Waals surface area contributed by atoms with E-state index in [9.17, 15) is 8.78 Å². The zero-order chi connectivity index (χ0) is 10.0. The molecule has 0 aromatic carbocycles. The lowest BCUT2D eigenvalue weighted by atomic mass is 10.2. The second-order valence-electron chi connectivity index (χ2n) is 2.30. The van der Waals surface area contributed by atoms with Crippen LogP contribution < -0.4 is 5.73 Å². The molecule has 0 bridgehead atoms. The minimum Gasteiger partial charge on any atom is -0.325 e. The Morgan fingerprint density at radius 2 is 2.23 bits per heavy atom. The van der Waals surface area contributed by atoms with E-state index in [2.05, 4.69) is 20.9 Å². The molecule has 13 heavy (non-hydrogen) atoms. The van der Waals surface area contributed by atoms with Gasteiger partial charge in [0.15, 0.2) is 0 Å². The number of nitrogens with zero attached hydrogens (tertiary/aromatic N) is 1. The van der Waals surface area contributed by atoms with Gasteiger partial charge in [0.25, 0.3) is 6.43 Å². The fraction of sp³-hybridized carbons (Fsp3) is 0.286. The number of hydrogen-bond donors (Lipinski definition) is 1. The molecule has 0 aliphatic carbocycles. The van der Waals surface area contributed by atoms with Crippen LogP contribution in [-0.4, -0.2) is 4.98 Å². The van der Waals surface area contributed by atoms with Gasteiger partial charge in [0.2, 0.25) is 0 Å². The molecule has 1 aromatic heterocycles. The van der Waals surface area contributed by atoms with Crippen LogP contribution in [0.2, 0.25) is 0 Å². The molecule has 2 N–H and O–H groups in total. The number of aromatic nitrogens is 1. The minimum atomic E-state index is -2.51. The predicted molar refractivity (Wildman–Crippen MR) is 57.5 cm³/mol. The number of rotatable bonds is 2. The summed E-state index contributed by atoms with van der Waals surface area (Å²) in [5.74, 6) is 0. The molecular formula is C7H6BrF2IN2. The van der Waals surface area contributed by atoms with Gasteiger partial charge < -0.3 is 5.73 Å². The third-order valence-corrected chi connectivity index (χ3v) is 2.94. The Morgan fingerprint density at radius 1 is 1.62 bits per heavy atom. The number of pyridine rings is 1. The maximum atomic E-state index is 12.4. The van der Waals surface area contributed by atoms with E-state index < -0.39 is 6.43 Å². The van der Waals surface area contributed by atoms with E-state index in [1.54, 1.807) is 6.07 Å². The van der Waals surface area contributed by atoms with Crippen LogP contribution in [0.25, 0.3) is 0 Å². The molecule has 0 saturated carbocycles. The second kappa shape index (κ2) is 4.61. The van der Waals surface area contributed by atoms with Gasteiger partial charge in [0.1, 0.15) is 4.60 Å². The van der Waals surface area contributed by atoms with Gasteiger partial charge in [0.05, 0.1) is 11.3 Å². The van der Waals surface area contributed by atoms with E-state index in [0.717, 1.165) is 0 Å². The summed E-state index contributed by atoms with van der Waals surface area (Å²) in [5.41, 5.74) is 5.87. The van der Waals surface area contributed by atoms with Crippen molar-refractivity contribution in [2.24, 2.45) is 5.73 Å². The van der Waals surface area contributed by atoms with Crippen molar-refractivity contribution in [1.82, 2.24) is 4.98 Å². The highest BCUT2D eigenvalue weighted by Crippen LogP contribution is 2.30. The van der Waals surface area contributed by atoms with Crippen LogP contribution in [0.3, 0.4) is 0 Å². The Kier molecular flexibility index (Phi) is 3.99. The average Bonchev–Trinajstić information content (AvgIpc) is 2.02. The van der Waals surface area contributed by atoms with E-state index in [4.69, 9.17) is 5.73 Å². The Bertz CT molecular complexity index is 296. The number of hydrogen-bond acceptors (Lipinski definition) is 2. The van der Waals surface area contributed by atoms with Gasteiger partial charge in [-0.3, -0.25) is 0 Å². The summed E-state index contributed by atoms with van der Waals surface area (Å²) in [6, 6.07) is 1.56. The highest BCUT2D eigenvalue weighted by Gasteiger charge is 2.17. The molecular weight excluding hydrogens is 357 g/mol. The highest BCUT2D eigenvalue weighted by molar-refractivity contribution is 14.1. The van der Waals surface area contributed by atoms with Crippen molar-refractivity contribution < 1.29 is 8.78 Å². The van der Waals surface area contributed by atoms with Crippen molar-refractivity contribution in [3.05, 3.63) is 25.5 Å². The van der Waals surface area contributed by atoms with E-state index in [0.29, 0.717) is 9.26 Å². The molecule has 2 nitrogen and oxygen atoms in total. The van der Waals surface area contributed by atoms with Crippen LogP contribution in [0.5, 0.6) is 0 Å². The molecule has 72 valence electrons. The standard InChI is InChI=1S/C7H6BrF2IN2/c8-6-5(7(9)10)4(11)1-3(2-12)13-6/h1,7H,2,12H2. The SMILES string of the molecule is NCc1cc(I)c(C(F)F)c(Br)n1. The largest absolute Gasteiger partial charge is 0.325 e. The third-order valence-electron chi connectivity index (χ3n) is 1.44. The fourth-order valence-corrected chi connectivity index (χ4v) is 2.68. The molecule has 1 aromatic rings. The van der Waals surface area contributed by atoms with Gasteiger partial charge in [-0.05, 0) is 44.6 Å². The van der Waals surface area contributed by atoms with Crippen molar-refractivity contribution in [3.63, 3.8) is 0 Å². The molecule has 0 amide bonds. The molecule has 0 spiro atoms. The zero-order valence-corrected chi connectivity index (χ0v) is 10.1. The summed E-state index contributed by atoms with van der Waals surface area (Å²) < 4.78 is 25.5. The molecule has 0 radical (unpaired) electrons. The van der Waals surface area contributed by atoms with Gasteiger partial charge in [-0.15, -0.1) is 0 Å². The van der Waals surface area contributed by atoms with Gasteiger partial charge in [-0.25, -0.2) is 13.8 Å². The van der Waals surface area contributed by atoms with E-state index in [1.165, 1.54) is 0 Å². The maximum Gasteiger partial charge on any atom is 0.267 e. The van der Waals surface area contributed by atoms with Gasteiger partial charge in [0, 0.05) is 10.1 Å². The minimum absolute atomic E-state index is 0.0715. The number of alkyl halides is 2. The summed E-state index contributed by atoms with van der Waals surface area (Å²) in [6.45, 7) is 0.248. The van der Waals surface area contributed by atoms with E-state index >= 15 is 0 Å². The van der Waals surface area contributed by atoms with Gasteiger partial charge in [-0.2, -0.15) is 0 Å². The van der Waals surface area contributed by atoms with Gasteiger partial charge in [-0.1, -0.05) is 0 Å². The lowest BCUT2D eigenvalue weighted by Gasteiger charge is -2.07. The van der Waals surface area contributed by atoms with E-state index in [1.807, 2.05) is 22.6 Å². The topological polar surface area (TPSA) is 38.9 Å².